The second kappa shape index (κ2) is 7.27. The first-order valence-electron chi connectivity index (χ1n) is 6.05. The van der Waals surface area contributed by atoms with E-state index in [1.54, 1.807) is 11.9 Å². The molecule has 0 radical (unpaired) electrons. The normalized spacial score (nSPS) is 12.7. The maximum Gasteiger partial charge on any atom is 0.239 e. The lowest BCUT2D eigenvalue weighted by atomic mass is 10.0. The molecule has 0 aromatic heterocycles. The SMILES string of the molecule is CC(C)C(=O)NCCN(C)C(=O)[C@@H](N)C(C)C. The molecule has 0 aliphatic carbocycles. The highest BCUT2D eigenvalue weighted by molar-refractivity contribution is 5.81. The molecule has 5 heteroatoms. The van der Waals surface area contributed by atoms with Crippen LogP contribution in [0, 0.1) is 11.8 Å². The Labute approximate surface area is 104 Å². The Morgan fingerprint density at radius 1 is 1.24 bits per heavy atom. The molecule has 0 fully saturated rings. The lowest BCUT2D eigenvalue weighted by Crippen LogP contribution is -2.47. The van der Waals surface area contributed by atoms with Gasteiger partial charge in [0, 0.05) is 26.1 Å². The van der Waals surface area contributed by atoms with Crippen molar-refractivity contribution in [1.29, 1.82) is 0 Å². The van der Waals surface area contributed by atoms with Crippen LogP contribution in [-0.4, -0.2) is 42.9 Å². The molecule has 100 valence electrons. The van der Waals surface area contributed by atoms with Gasteiger partial charge in [-0.2, -0.15) is 0 Å². The van der Waals surface area contributed by atoms with E-state index in [1.807, 2.05) is 27.7 Å². The number of likely N-dealkylation sites (N-methyl/N-ethyl adjacent to an activating group) is 1. The largest absolute Gasteiger partial charge is 0.354 e. The summed E-state index contributed by atoms with van der Waals surface area (Å²) in [5, 5.41) is 2.76. The van der Waals surface area contributed by atoms with E-state index in [9.17, 15) is 9.59 Å². The zero-order valence-electron chi connectivity index (χ0n) is 11.5. The molecule has 0 aliphatic rings. The summed E-state index contributed by atoms with van der Waals surface area (Å²) >= 11 is 0. The van der Waals surface area contributed by atoms with Crippen LogP contribution >= 0.6 is 0 Å². The zero-order chi connectivity index (χ0) is 13.6. The summed E-state index contributed by atoms with van der Waals surface area (Å²) in [6, 6.07) is -0.471. The van der Waals surface area contributed by atoms with Crippen LogP contribution in [0.1, 0.15) is 27.7 Å². The maximum absolute atomic E-state index is 11.8. The first-order chi connectivity index (χ1) is 7.77. The Bertz CT molecular complexity index is 264. The third kappa shape index (κ3) is 5.68. The van der Waals surface area contributed by atoms with Gasteiger partial charge in [-0.05, 0) is 5.92 Å². The molecule has 0 unspecified atom stereocenters. The van der Waals surface area contributed by atoms with E-state index in [0.29, 0.717) is 13.1 Å². The number of hydrogen-bond donors (Lipinski definition) is 2. The topological polar surface area (TPSA) is 75.4 Å². The zero-order valence-corrected chi connectivity index (χ0v) is 11.5. The van der Waals surface area contributed by atoms with E-state index >= 15 is 0 Å². The summed E-state index contributed by atoms with van der Waals surface area (Å²) in [6.07, 6.45) is 0. The molecule has 0 aliphatic heterocycles. The van der Waals surface area contributed by atoms with Gasteiger partial charge in [0.1, 0.15) is 0 Å². The van der Waals surface area contributed by atoms with Crippen molar-refractivity contribution in [3.63, 3.8) is 0 Å². The van der Waals surface area contributed by atoms with Crippen molar-refractivity contribution >= 4 is 11.8 Å². The lowest BCUT2D eigenvalue weighted by molar-refractivity contribution is -0.132. The number of carbonyl (C=O) groups is 2. The average Bonchev–Trinajstić information content (AvgIpc) is 2.26. The molecular formula is C12H25N3O2. The Balaban J connectivity index is 3.98. The van der Waals surface area contributed by atoms with Gasteiger partial charge in [0.2, 0.25) is 11.8 Å². The van der Waals surface area contributed by atoms with Crippen molar-refractivity contribution < 1.29 is 9.59 Å². The number of nitrogens with zero attached hydrogens (tertiary/aromatic N) is 1. The highest BCUT2D eigenvalue weighted by Crippen LogP contribution is 2.01. The number of carbonyl (C=O) groups excluding carboxylic acids is 2. The van der Waals surface area contributed by atoms with Crippen molar-refractivity contribution in [1.82, 2.24) is 10.2 Å². The van der Waals surface area contributed by atoms with Crippen LogP contribution in [0.3, 0.4) is 0 Å². The number of nitrogens with two attached hydrogens (primary N) is 1. The van der Waals surface area contributed by atoms with Crippen molar-refractivity contribution in [2.45, 2.75) is 33.7 Å². The van der Waals surface area contributed by atoms with Crippen LogP contribution in [0.5, 0.6) is 0 Å². The number of nitrogens with one attached hydrogen (secondary N) is 1. The van der Waals surface area contributed by atoms with E-state index in [2.05, 4.69) is 5.32 Å². The molecule has 1 atom stereocenters. The first kappa shape index (κ1) is 15.9. The van der Waals surface area contributed by atoms with Crippen molar-refractivity contribution in [3.05, 3.63) is 0 Å². The molecule has 0 rings (SSSR count). The minimum atomic E-state index is -0.471. The molecule has 0 aromatic carbocycles. The fourth-order valence-corrected chi connectivity index (χ4v) is 1.20. The summed E-state index contributed by atoms with van der Waals surface area (Å²) in [5.41, 5.74) is 5.76. The summed E-state index contributed by atoms with van der Waals surface area (Å²) in [7, 11) is 1.70. The first-order valence-corrected chi connectivity index (χ1v) is 6.05. The monoisotopic (exact) mass is 243 g/mol. The lowest BCUT2D eigenvalue weighted by Gasteiger charge is -2.23. The van der Waals surface area contributed by atoms with Crippen LogP contribution in [-0.2, 0) is 9.59 Å². The van der Waals surface area contributed by atoms with Gasteiger partial charge in [0.15, 0.2) is 0 Å². The third-order valence-electron chi connectivity index (χ3n) is 2.65. The van der Waals surface area contributed by atoms with Crippen LogP contribution in [0.15, 0.2) is 0 Å². The Kier molecular flexibility index (Phi) is 6.80. The van der Waals surface area contributed by atoms with Gasteiger partial charge in [0.05, 0.1) is 6.04 Å². The number of hydrogen-bond acceptors (Lipinski definition) is 3. The maximum atomic E-state index is 11.8. The molecule has 0 bridgehead atoms. The average molecular weight is 243 g/mol. The Morgan fingerprint density at radius 2 is 1.76 bits per heavy atom. The smallest absolute Gasteiger partial charge is 0.239 e. The third-order valence-corrected chi connectivity index (χ3v) is 2.65. The minimum Gasteiger partial charge on any atom is -0.354 e. The van der Waals surface area contributed by atoms with Gasteiger partial charge in [0.25, 0.3) is 0 Å². The van der Waals surface area contributed by atoms with E-state index in [0.717, 1.165) is 0 Å². The standard InChI is InChI=1S/C12H25N3O2/c1-8(2)10(13)12(17)15(5)7-6-14-11(16)9(3)4/h8-10H,6-7,13H2,1-5H3,(H,14,16)/t10-/m0/s1. The van der Waals surface area contributed by atoms with Gasteiger partial charge in [-0.25, -0.2) is 0 Å². The molecule has 2 amide bonds. The molecule has 0 saturated carbocycles. The molecule has 5 nitrogen and oxygen atoms in total. The van der Waals surface area contributed by atoms with Gasteiger partial charge < -0.3 is 16.0 Å². The summed E-state index contributed by atoms with van der Waals surface area (Å²) < 4.78 is 0. The van der Waals surface area contributed by atoms with Crippen molar-refractivity contribution in [3.8, 4) is 0 Å². The second-order valence-electron chi connectivity index (χ2n) is 4.98. The predicted molar refractivity (Wildman–Crippen MR) is 68.3 cm³/mol. The van der Waals surface area contributed by atoms with E-state index in [1.165, 1.54) is 0 Å². The molecule has 17 heavy (non-hydrogen) atoms. The Hall–Kier alpha value is -1.10. The minimum absolute atomic E-state index is 0.000919. The quantitative estimate of drug-likeness (QED) is 0.700. The molecule has 0 heterocycles. The summed E-state index contributed by atoms with van der Waals surface area (Å²) in [6.45, 7) is 8.44. The number of rotatable bonds is 6. The van der Waals surface area contributed by atoms with Crippen LogP contribution in [0.4, 0.5) is 0 Å². The number of amides is 2. The fraction of sp³-hybridized carbons (Fsp3) is 0.833. The summed E-state index contributed by atoms with van der Waals surface area (Å²) in [5.74, 6) is 0.00179. The van der Waals surface area contributed by atoms with E-state index in [-0.39, 0.29) is 23.7 Å². The van der Waals surface area contributed by atoms with Crippen molar-refractivity contribution in [2.24, 2.45) is 17.6 Å². The van der Waals surface area contributed by atoms with Crippen LogP contribution in [0.25, 0.3) is 0 Å². The molecule has 0 saturated heterocycles. The van der Waals surface area contributed by atoms with Gasteiger partial charge in [-0.1, -0.05) is 27.7 Å². The van der Waals surface area contributed by atoms with Gasteiger partial charge in [-0.15, -0.1) is 0 Å². The highest BCUT2D eigenvalue weighted by atomic mass is 16.2. The molecule has 0 spiro atoms. The Morgan fingerprint density at radius 3 is 2.18 bits per heavy atom. The van der Waals surface area contributed by atoms with Gasteiger partial charge >= 0.3 is 0 Å². The summed E-state index contributed by atoms with van der Waals surface area (Å²) in [4.78, 5) is 24.6. The van der Waals surface area contributed by atoms with E-state index < -0.39 is 6.04 Å². The van der Waals surface area contributed by atoms with Gasteiger partial charge in [-0.3, -0.25) is 9.59 Å². The molecule has 3 N–H and O–H groups in total. The van der Waals surface area contributed by atoms with E-state index in [4.69, 9.17) is 5.73 Å². The predicted octanol–water partition coefficient (Wildman–Crippen LogP) is 0.200. The molecule has 0 aromatic rings. The highest BCUT2D eigenvalue weighted by Gasteiger charge is 2.20. The van der Waals surface area contributed by atoms with Crippen molar-refractivity contribution in [2.75, 3.05) is 20.1 Å². The molecular weight excluding hydrogens is 218 g/mol. The van der Waals surface area contributed by atoms with Crippen LogP contribution in [0.2, 0.25) is 0 Å². The second-order valence-corrected chi connectivity index (χ2v) is 4.98. The fourth-order valence-electron chi connectivity index (χ4n) is 1.20. The van der Waals surface area contributed by atoms with Crippen LogP contribution < -0.4 is 11.1 Å².